The zero-order chi connectivity index (χ0) is 16.8. The molecule has 0 radical (unpaired) electrons. The molecule has 0 spiro atoms. The van der Waals surface area contributed by atoms with Gasteiger partial charge in [0.1, 0.15) is 11.6 Å². The lowest BCUT2D eigenvalue weighted by Gasteiger charge is -2.19. The van der Waals surface area contributed by atoms with Crippen molar-refractivity contribution < 1.29 is 18.3 Å². The molecule has 0 aliphatic carbocycles. The minimum Gasteiger partial charge on any atom is -0.493 e. The van der Waals surface area contributed by atoms with Crippen LogP contribution in [0.15, 0.2) is 36.4 Å². The maximum atomic E-state index is 14.0. The number of para-hydroxylation sites is 1. The van der Waals surface area contributed by atoms with Crippen molar-refractivity contribution in [1.29, 1.82) is 0 Å². The highest BCUT2D eigenvalue weighted by molar-refractivity contribution is 5.47. The van der Waals surface area contributed by atoms with E-state index in [2.05, 4.69) is 0 Å². The summed E-state index contributed by atoms with van der Waals surface area (Å²) < 4.78 is 38.4. The van der Waals surface area contributed by atoms with Gasteiger partial charge in [0, 0.05) is 5.92 Å². The summed E-state index contributed by atoms with van der Waals surface area (Å²) in [5, 5.41) is 0. The highest BCUT2D eigenvalue weighted by atomic mass is 19.1. The van der Waals surface area contributed by atoms with Crippen molar-refractivity contribution in [2.45, 2.75) is 19.3 Å². The van der Waals surface area contributed by atoms with Crippen LogP contribution < -0.4 is 15.2 Å². The van der Waals surface area contributed by atoms with Crippen LogP contribution in [0.4, 0.5) is 8.78 Å². The molecule has 124 valence electrons. The standard InChI is InChI=1S/C18H21F2NO2/c1-3-23-18-12(5-4-6-17(18)22-2)9-13(11-21)15-10-14(19)7-8-16(15)20/h4-8,10,13H,3,9,11,21H2,1-2H3. The van der Waals surface area contributed by atoms with Crippen LogP contribution in [0.2, 0.25) is 0 Å². The van der Waals surface area contributed by atoms with E-state index in [4.69, 9.17) is 15.2 Å². The number of methoxy groups -OCH3 is 1. The van der Waals surface area contributed by atoms with Crippen molar-refractivity contribution in [3.8, 4) is 11.5 Å². The van der Waals surface area contributed by atoms with Crippen LogP contribution >= 0.6 is 0 Å². The lowest BCUT2D eigenvalue weighted by atomic mass is 9.91. The van der Waals surface area contributed by atoms with Crippen LogP contribution in [0, 0.1) is 11.6 Å². The fraction of sp³-hybridized carbons (Fsp3) is 0.333. The Labute approximate surface area is 135 Å². The number of rotatable bonds is 7. The van der Waals surface area contributed by atoms with E-state index in [1.54, 1.807) is 13.2 Å². The molecular formula is C18H21F2NO2. The van der Waals surface area contributed by atoms with Gasteiger partial charge in [-0.3, -0.25) is 0 Å². The third-order valence-electron chi connectivity index (χ3n) is 3.72. The second kappa shape index (κ2) is 7.92. The highest BCUT2D eigenvalue weighted by Crippen LogP contribution is 2.34. The third kappa shape index (κ3) is 3.99. The van der Waals surface area contributed by atoms with Gasteiger partial charge in [0.2, 0.25) is 0 Å². The van der Waals surface area contributed by atoms with Gasteiger partial charge >= 0.3 is 0 Å². The number of hydrogen-bond donors (Lipinski definition) is 1. The third-order valence-corrected chi connectivity index (χ3v) is 3.72. The number of nitrogens with two attached hydrogens (primary N) is 1. The molecule has 0 amide bonds. The smallest absolute Gasteiger partial charge is 0.164 e. The van der Waals surface area contributed by atoms with Gasteiger partial charge in [-0.25, -0.2) is 8.78 Å². The molecule has 0 heterocycles. The van der Waals surface area contributed by atoms with Crippen LogP contribution in [0.5, 0.6) is 11.5 Å². The Bertz CT molecular complexity index is 661. The predicted molar refractivity (Wildman–Crippen MR) is 86.0 cm³/mol. The molecule has 1 atom stereocenters. The topological polar surface area (TPSA) is 44.5 Å². The summed E-state index contributed by atoms with van der Waals surface area (Å²) >= 11 is 0. The van der Waals surface area contributed by atoms with Crippen LogP contribution in [-0.2, 0) is 6.42 Å². The SMILES string of the molecule is CCOc1c(CC(CN)c2cc(F)ccc2F)cccc1OC. The zero-order valence-corrected chi connectivity index (χ0v) is 13.3. The Morgan fingerprint density at radius 1 is 1.17 bits per heavy atom. The molecule has 0 fully saturated rings. The molecule has 0 aliphatic heterocycles. The van der Waals surface area contributed by atoms with E-state index in [0.717, 1.165) is 17.7 Å². The molecule has 23 heavy (non-hydrogen) atoms. The van der Waals surface area contributed by atoms with Gasteiger partial charge < -0.3 is 15.2 Å². The van der Waals surface area contributed by atoms with E-state index in [9.17, 15) is 8.78 Å². The van der Waals surface area contributed by atoms with E-state index in [1.165, 1.54) is 6.07 Å². The van der Waals surface area contributed by atoms with Crippen molar-refractivity contribution in [1.82, 2.24) is 0 Å². The first-order chi connectivity index (χ1) is 11.1. The number of ether oxygens (including phenoxy) is 2. The maximum Gasteiger partial charge on any atom is 0.164 e. The van der Waals surface area contributed by atoms with Gasteiger partial charge in [-0.2, -0.15) is 0 Å². The van der Waals surface area contributed by atoms with Crippen molar-refractivity contribution in [2.75, 3.05) is 20.3 Å². The molecule has 0 aromatic heterocycles. The van der Waals surface area contributed by atoms with E-state index in [1.807, 2.05) is 19.1 Å². The molecule has 2 aromatic carbocycles. The van der Waals surface area contributed by atoms with E-state index in [-0.39, 0.29) is 18.0 Å². The number of halogens is 2. The first-order valence-electron chi connectivity index (χ1n) is 7.54. The Balaban J connectivity index is 2.37. The molecule has 3 nitrogen and oxygen atoms in total. The van der Waals surface area contributed by atoms with Crippen LogP contribution in [0.1, 0.15) is 24.0 Å². The lowest BCUT2D eigenvalue weighted by Crippen LogP contribution is -2.17. The second-order valence-corrected chi connectivity index (χ2v) is 5.18. The summed E-state index contributed by atoms with van der Waals surface area (Å²) in [5.74, 6) is -0.0529. The zero-order valence-electron chi connectivity index (χ0n) is 13.3. The summed E-state index contributed by atoms with van der Waals surface area (Å²) in [6, 6.07) is 8.95. The van der Waals surface area contributed by atoms with Crippen LogP contribution in [0.25, 0.3) is 0 Å². The summed E-state index contributed by atoms with van der Waals surface area (Å²) in [5.41, 5.74) is 6.93. The van der Waals surface area contributed by atoms with E-state index in [0.29, 0.717) is 24.5 Å². The second-order valence-electron chi connectivity index (χ2n) is 5.18. The van der Waals surface area contributed by atoms with Gasteiger partial charge in [0.25, 0.3) is 0 Å². The Kier molecular flexibility index (Phi) is 5.93. The Morgan fingerprint density at radius 3 is 2.61 bits per heavy atom. The fourth-order valence-corrected chi connectivity index (χ4v) is 2.60. The number of hydrogen-bond acceptors (Lipinski definition) is 3. The van der Waals surface area contributed by atoms with Gasteiger partial charge in [0.05, 0.1) is 13.7 Å². The first-order valence-corrected chi connectivity index (χ1v) is 7.54. The van der Waals surface area contributed by atoms with Crippen molar-refractivity contribution in [2.24, 2.45) is 5.73 Å². The van der Waals surface area contributed by atoms with Gasteiger partial charge in [-0.15, -0.1) is 0 Å². The van der Waals surface area contributed by atoms with Crippen molar-refractivity contribution >= 4 is 0 Å². The molecule has 0 saturated heterocycles. The number of benzene rings is 2. The van der Waals surface area contributed by atoms with E-state index >= 15 is 0 Å². The molecular weight excluding hydrogens is 300 g/mol. The van der Waals surface area contributed by atoms with Gasteiger partial charge in [0.15, 0.2) is 11.5 Å². The van der Waals surface area contributed by atoms with Crippen molar-refractivity contribution in [3.63, 3.8) is 0 Å². The molecule has 2 N–H and O–H groups in total. The first kappa shape index (κ1) is 17.2. The fourth-order valence-electron chi connectivity index (χ4n) is 2.60. The molecule has 0 bridgehead atoms. The quantitative estimate of drug-likeness (QED) is 0.846. The summed E-state index contributed by atoms with van der Waals surface area (Å²) in [4.78, 5) is 0. The maximum absolute atomic E-state index is 14.0. The van der Waals surface area contributed by atoms with Gasteiger partial charge in [-0.1, -0.05) is 12.1 Å². The molecule has 1 unspecified atom stereocenters. The average Bonchev–Trinajstić information content (AvgIpc) is 2.56. The van der Waals surface area contributed by atoms with Crippen molar-refractivity contribution in [3.05, 3.63) is 59.2 Å². The largest absolute Gasteiger partial charge is 0.493 e. The summed E-state index contributed by atoms with van der Waals surface area (Å²) in [6.07, 6.45) is 0.434. The molecule has 2 rings (SSSR count). The average molecular weight is 321 g/mol. The highest BCUT2D eigenvalue weighted by Gasteiger charge is 2.19. The predicted octanol–water partition coefficient (Wildman–Crippen LogP) is 3.66. The van der Waals surface area contributed by atoms with Crippen LogP contribution in [0.3, 0.4) is 0 Å². The monoisotopic (exact) mass is 321 g/mol. The Morgan fingerprint density at radius 2 is 1.96 bits per heavy atom. The lowest BCUT2D eigenvalue weighted by molar-refractivity contribution is 0.307. The van der Waals surface area contributed by atoms with E-state index < -0.39 is 11.6 Å². The summed E-state index contributed by atoms with van der Waals surface area (Å²) in [6.45, 7) is 2.56. The Hall–Kier alpha value is -2.14. The minimum atomic E-state index is -0.476. The molecule has 0 aliphatic rings. The minimum absolute atomic E-state index is 0.198. The van der Waals surface area contributed by atoms with Crippen LogP contribution in [-0.4, -0.2) is 20.3 Å². The normalized spacial score (nSPS) is 12.0. The molecule has 0 saturated carbocycles. The molecule has 2 aromatic rings. The molecule has 5 heteroatoms. The summed E-state index contributed by atoms with van der Waals surface area (Å²) in [7, 11) is 1.56. The van der Waals surface area contributed by atoms with Gasteiger partial charge in [-0.05, 0) is 55.3 Å².